The molecule has 0 radical (unpaired) electrons. The molecule has 2 rings (SSSR count). The fourth-order valence-corrected chi connectivity index (χ4v) is 3.22. The van der Waals surface area contributed by atoms with Crippen molar-refractivity contribution in [1.29, 1.82) is 0 Å². The molecule has 5 heteroatoms. The van der Waals surface area contributed by atoms with E-state index in [1.165, 1.54) is 12.8 Å². The van der Waals surface area contributed by atoms with Gasteiger partial charge in [-0.1, -0.05) is 18.5 Å². The van der Waals surface area contributed by atoms with Crippen molar-refractivity contribution in [3.8, 4) is 0 Å². The van der Waals surface area contributed by atoms with Crippen molar-refractivity contribution in [3.63, 3.8) is 0 Å². The SMILES string of the molecule is CCC(CSC)N(C)c1ccc(Cl)c(CNC2CC2)n1. The Labute approximate surface area is 131 Å². The molecule has 20 heavy (non-hydrogen) atoms. The van der Waals surface area contributed by atoms with Gasteiger partial charge in [0.05, 0.1) is 10.7 Å². The van der Waals surface area contributed by atoms with Crippen molar-refractivity contribution in [2.45, 2.75) is 44.8 Å². The molecule has 0 bridgehead atoms. The van der Waals surface area contributed by atoms with Crippen molar-refractivity contribution in [2.24, 2.45) is 0 Å². The number of halogens is 1. The molecule has 1 fully saturated rings. The quantitative estimate of drug-likeness (QED) is 0.794. The minimum absolute atomic E-state index is 0.517. The molecule has 1 aliphatic carbocycles. The van der Waals surface area contributed by atoms with Gasteiger partial charge in [-0.3, -0.25) is 0 Å². The average molecular weight is 314 g/mol. The van der Waals surface area contributed by atoms with Crippen LogP contribution in [0.25, 0.3) is 0 Å². The minimum atomic E-state index is 0.517. The number of hydrogen-bond donors (Lipinski definition) is 1. The van der Waals surface area contributed by atoms with Gasteiger partial charge < -0.3 is 10.2 Å². The minimum Gasteiger partial charge on any atom is -0.356 e. The Hall–Kier alpha value is -0.450. The zero-order chi connectivity index (χ0) is 14.5. The molecule has 112 valence electrons. The highest BCUT2D eigenvalue weighted by Gasteiger charge is 2.21. The van der Waals surface area contributed by atoms with E-state index in [2.05, 4.69) is 30.4 Å². The van der Waals surface area contributed by atoms with Crippen LogP contribution in [0.15, 0.2) is 12.1 Å². The van der Waals surface area contributed by atoms with E-state index in [9.17, 15) is 0 Å². The summed E-state index contributed by atoms with van der Waals surface area (Å²) < 4.78 is 0. The molecular formula is C15H24ClN3S. The fourth-order valence-electron chi connectivity index (χ4n) is 2.20. The van der Waals surface area contributed by atoms with E-state index in [1.54, 1.807) is 0 Å². The highest BCUT2D eigenvalue weighted by molar-refractivity contribution is 7.98. The Balaban J connectivity index is 2.07. The van der Waals surface area contributed by atoms with Gasteiger partial charge in [-0.2, -0.15) is 11.8 Å². The molecule has 3 nitrogen and oxygen atoms in total. The first-order valence-electron chi connectivity index (χ1n) is 7.26. The molecule has 1 saturated carbocycles. The normalized spacial score (nSPS) is 16.2. The van der Waals surface area contributed by atoms with Crippen molar-refractivity contribution < 1.29 is 0 Å². The zero-order valence-corrected chi connectivity index (χ0v) is 14.1. The van der Waals surface area contributed by atoms with Crippen LogP contribution in [0, 0.1) is 0 Å². The van der Waals surface area contributed by atoms with Crippen molar-refractivity contribution >= 4 is 29.2 Å². The van der Waals surface area contributed by atoms with Gasteiger partial charge in [0, 0.05) is 31.4 Å². The van der Waals surface area contributed by atoms with Crippen molar-refractivity contribution in [3.05, 3.63) is 22.8 Å². The number of anilines is 1. The summed E-state index contributed by atoms with van der Waals surface area (Å²) in [6.07, 6.45) is 5.83. The number of nitrogens with zero attached hydrogens (tertiary/aromatic N) is 2. The maximum Gasteiger partial charge on any atom is 0.128 e. The van der Waals surface area contributed by atoms with Crippen molar-refractivity contribution in [1.82, 2.24) is 10.3 Å². The Morgan fingerprint density at radius 3 is 2.85 bits per heavy atom. The number of nitrogens with one attached hydrogen (secondary N) is 1. The Morgan fingerprint density at radius 1 is 1.50 bits per heavy atom. The summed E-state index contributed by atoms with van der Waals surface area (Å²) in [4.78, 5) is 7.02. The number of rotatable bonds is 8. The third kappa shape index (κ3) is 4.27. The predicted molar refractivity (Wildman–Crippen MR) is 90.0 cm³/mol. The van der Waals surface area contributed by atoms with E-state index in [1.807, 2.05) is 23.9 Å². The van der Waals surface area contributed by atoms with Crippen LogP contribution >= 0.6 is 23.4 Å². The lowest BCUT2D eigenvalue weighted by Crippen LogP contribution is -2.34. The lowest BCUT2D eigenvalue weighted by molar-refractivity contribution is 0.652. The van der Waals surface area contributed by atoms with Gasteiger partial charge >= 0.3 is 0 Å². The maximum absolute atomic E-state index is 6.25. The predicted octanol–water partition coefficient (Wildman–Crippen LogP) is 3.56. The van der Waals surface area contributed by atoms with Gasteiger partial charge in [0.25, 0.3) is 0 Å². The van der Waals surface area contributed by atoms with Crippen LogP contribution in [0.1, 0.15) is 31.9 Å². The largest absolute Gasteiger partial charge is 0.356 e. The first kappa shape index (κ1) is 15.9. The van der Waals surface area contributed by atoms with Gasteiger partial charge in [-0.15, -0.1) is 0 Å². The molecule has 1 atom stereocenters. The Morgan fingerprint density at radius 2 is 2.25 bits per heavy atom. The van der Waals surface area contributed by atoms with Crippen LogP contribution in [0.3, 0.4) is 0 Å². The first-order valence-corrected chi connectivity index (χ1v) is 9.03. The van der Waals surface area contributed by atoms with Crippen LogP contribution in [-0.2, 0) is 6.54 Å². The lowest BCUT2D eigenvalue weighted by Gasteiger charge is -2.28. The van der Waals surface area contributed by atoms with Crippen LogP contribution in [0.4, 0.5) is 5.82 Å². The number of pyridine rings is 1. The molecule has 1 heterocycles. The molecule has 0 amide bonds. The van der Waals surface area contributed by atoms with E-state index in [-0.39, 0.29) is 0 Å². The molecule has 0 aliphatic heterocycles. The lowest BCUT2D eigenvalue weighted by atomic mass is 10.2. The van der Waals surface area contributed by atoms with E-state index < -0.39 is 0 Å². The van der Waals surface area contributed by atoms with E-state index in [0.717, 1.165) is 35.3 Å². The molecule has 1 N–H and O–H groups in total. The second-order valence-electron chi connectivity index (χ2n) is 5.38. The summed E-state index contributed by atoms with van der Waals surface area (Å²) in [6, 6.07) is 5.18. The molecule has 0 aromatic carbocycles. The average Bonchev–Trinajstić information content (AvgIpc) is 3.27. The maximum atomic E-state index is 6.25. The topological polar surface area (TPSA) is 28.2 Å². The summed E-state index contributed by atoms with van der Waals surface area (Å²) in [5.41, 5.74) is 0.960. The summed E-state index contributed by atoms with van der Waals surface area (Å²) in [7, 11) is 2.12. The molecule has 1 aliphatic rings. The monoisotopic (exact) mass is 313 g/mol. The number of thioether (sulfide) groups is 1. The number of hydrogen-bond acceptors (Lipinski definition) is 4. The van der Waals surface area contributed by atoms with Crippen molar-refractivity contribution in [2.75, 3.05) is 24.0 Å². The van der Waals surface area contributed by atoms with Crippen LogP contribution in [0.5, 0.6) is 0 Å². The van der Waals surface area contributed by atoms with Gasteiger partial charge in [-0.25, -0.2) is 4.98 Å². The molecule has 0 spiro atoms. The van der Waals surface area contributed by atoms with Gasteiger partial charge in [0.15, 0.2) is 0 Å². The summed E-state index contributed by atoms with van der Waals surface area (Å²) >= 11 is 8.13. The van der Waals surface area contributed by atoms with Gasteiger partial charge in [-0.05, 0) is 37.7 Å². The van der Waals surface area contributed by atoms with Crippen LogP contribution < -0.4 is 10.2 Å². The zero-order valence-electron chi connectivity index (χ0n) is 12.5. The second kappa shape index (κ2) is 7.53. The standard InChI is InChI=1S/C15H24ClN3S/c1-4-12(10-20-3)19(2)15-8-7-13(16)14(18-15)9-17-11-5-6-11/h7-8,11-12,17H,4-6,9-10H2,1-3H3. The smallest absolute Gasteiger partial charge is 0.128 e. The summed E-state index contributed by atoms with van der Waals surface area (Å²) in [5.74, 6) is 2.13. The third-order valence-electron chi connectivity index (χ3n) is 3.78. The summed E-state index contributed by atoms with van der Waals surface area (Å²) in [6.45, 7) is 2.99. The third-order valence-corrected chi connectivity index (χ3v) is 4.84. The van der Waals surface area contributed by atoms with E-state index >= 15 is 0 Å². The highest BCUT2D eigenvalue weighted by Crippen LogP contribution is 2.24. The van der Waals surface area contributed by atoms with Crippen LogP contribution in [0.2, 0.25) is 5.02 Å². The van der Waals surface area contributed by atoms with Gasteiger partial charge in [0.1, 0.15) is 5.82 Å². The summed E-state index contributed by atoms with van der Waals surface area (Å²) in [5, 5.41) is 4.24. The number of aromatic nitrogens is 1. The Bertz CT molecular complexity index is 437. The van der Waals surface area contributed by atoms with E-state index in [4.69, 9.17) is 16.6 Å². The fraction of sp³-hybridized carbons (Fsp3) is 0.667. The van der Waals surface area contributed by atoms with Crippen LogP contribution in [-0.4, -0.2) is 36.1 Å². The molecule has 1 aromatic rings. The molecule has 1 aromatic heterocycles. The van der Waals surface area contributed by atoms with E-state index in [0.29, 0.717) is 12.1 Å². The highest BCUT2D eigenvalue weighted by atomic mass is 35.5. The van der Waals surface area contributed by atoms with Gasteiger partial charge in [0.2, 0.25) is 0 Å². The Kier molecular flexibility index (Phi) is 6.00. The second-order valence-corrected chi connectivity index (χ2v) is 6.70. The first-order chi connectivity index (χ1) is 9.65. The molecular weight excluding hydrogens is 290 g/mol. The molecule has 0 saturated heterocycles. The molecule has 1 unspecified atom stereocenters.